The van der Waals surface area contributed by atoms with Crippen molar-refractivity contribution >= 4 is 11.6 Å². The largest absolute Gasteiger partial charge is 0.491 e. The quantitative estimate of drug-likeness (QED) is 0.545. The van der Waals surface area contributed by atoms with Crippen LogP contribution in [0.25, 0.3) is 0 Å². The monoisotopic (exact) mass is 389 g/mol. The van der Waals surface area contributed by atoms with Crippen molar-refractivity contribution in [3.05, 3.63) is 68.1 Å². The van der Waals surface area contributed by atoms with Gasteiger partial charge in [-0.05, 0) is 23.1 Å². The Bertz CT molecular complexity index is 928. The van der Waals surface area contributed by atoms with Gasteiger partial charge in [0, 0.05) is 6.07 Å². The van der Waals surface area contributed by atoms with Crippen molar-refractivity contribution in [2.75, 3.05) is 6.61 Å². The summed E-state index contributed by atoms with van der Waals surface area (Å²) >= 11 is 0. The van der Waals surface area contributed by atoms with E-state index in [2.05, 4.69) is 20.8 Å². The summed E-state index contributed by atoms with van der Waals surface area (Å²) in [6, 6.07) is 8.22. The summed E-state index contributed by atoms with van der Waals surface area (Å²) in [5.41, 5.74) is 4.43. The molecular formula is C19H23N3O6. The van der Waals surface area contributed by atoms with E-state index in [1.54, 1.807) is 12.1 Å². The maximum absolute atomic E-state index is 12.2. The highest BCUT2D eigenvalue weighted by Crippen LogP contribution is 2.24. The second kappa shape index (κ2) is 8.22. The molecule has 0 unspecified atom stereocenters. The van der Waals surface area contributed by atoms with Crippen LogP contribution in [0.15, 0.2) is 41.3 Å². The van der Waals surface area contributed by atoms with Gasteiger partial charge in [0.15, 0.2) is 0 Å². The molecular weight excluding hydrogens is 366 g/mol. The third-order valence-electron chi connectivity index (χ3n) is 4.12. The number of ether oxygens (including phenoxy) is 1. The molecule has 2 aromatic rings. The van der Waals surface area contributed by atoms with Crippen LogP contribution in [0.5, 0.6) is 5.75 Å². The van der Waals surface area contributed by atoms with Gasteiger partial charge in [0.2, 0.25) is 0 Å². The Kier molecular flexibility index (Phi) is 6.19. The zero-order valence-corrected chi connectivity index (χ0v) is 15.9. The van der Waals surface area contributed by atoms with Crippen molar-refractivity contribution in [2.24, 2.45) is 5.73 Å². The molecule has 0 spiro atoms. The van der Waals surface area contributed by atoms with Gasteiger partial charge in [-0.25, -0.2) is 0 Å². The zero-order chi connectivity index (χ0) is 21.1. The highest BCUT2D eigenvalue weighted by molar-refractivity contribution is 5.92. The molecule has 1 amide bonds. The number of hydrogen-bond acceptors (Lipinski definition) is 6. The highest BCUT2D eigenvalue weighted by atomic mass is 16.6. The van der Waals surface area contributed by atoms with Crippen molar-refractivity contribution in [1.82, 2.24) is 4.57 Å². The first-order chi connectivity index (χ1) is 13.0. The SMILES string of the molecule is CC(C)(C)c1ccc(OC[C@H](O)Cn2cc([N+](=O)[O-])cc(C(N)=O)c2=O)cc1. The number of benzene rings is 1. The highest BCUT2D eigenvalue weighted by Gasteiger charge is 2.19. The molecule has 0 saturated heterocycles. The van der Waals surface area contributed by atoms with Crippen molar-refractivity contribution in [3.63, 3.8) is 0 Å². The van der Waals surface area contributed by atoms with E-state index in [-0.39, 0.29) is 18.6 Å². The smallest absolute Gasteiger partial charge is 0.286 e. The molecule has 0 aliphatic rings. The molecule has 1 aromatic heterocycles. The van der Waals surface area contributed by atoms with Crippen molar-refractivity contribution in [2.45, 2.75) is 38.8 Å². The first kappa shape index (κ1) is 21.1. The standard InChI is InChI=1S/C19H23N3O6/c1-19(2,3)12-4-6-15(7-5-12)28-11-14(23)10-21-9-13(22(26)27)8-16(17(20)24)18(21)25/h4-9,14,23H,10-11H2,1-3H3,(H2,20,24)/t14-/m1/s1. The maximum atomic E-state index is 12.2. The number of hydrogen-bond donors (Lipinski definition) is 2. The van der Waals surface area contributed by atoms with Gasteiger partial charge in [-0.3, -0.25) is 19.7 Å². The Labute approximate surface area is 161 Å². The van der Waals surface area contributed by atoms with E-state index in [0.717, 1.165) is 22.4 Å². The predicted molar refractivity (Wildman–Crippen MR) is 103 cm³/mol. The lowest BCUT2D eigenvalue weighted by Crippen LogP contribution is -2.34. The van der Waals surface area contributed by atoms with Gasteiger partial charge in [-0.2, -0.15) is 0 Å². The molecule has 1 heterocycles. The number of rotatable bonds is 7. The fourth-order valence-corrected chi connectivity index (χ4v) is 2.56. The number of nitrogens with zero attached hydrogens (tertiary/aromatic N) is 2. The summed E-state index contributed by atoms with van der Waals surface area (Å²) in [6.07, 6.45) is -0.182. The van der Waals surface area contributed by atoms with Crippen molar-refractivity contribution in [1.29, 1.82) is 0 Å². The first-order valence-corrected chi connectivity index (χ1v) is 8.59. The van der Waals surface area contributed by atoms with Gasteiger partial charge in [0.05, 0.1) is 17.7 Å². The number of primary amides is 1. The van der Waals surface area contributed by atoms with Crippen LogP contribution < -0.4 is 16.0 Å². The number of nitro groups is 1. The Hall–Kier alpha value is -3.20. The lowest BCUT2D eigenvalue weighted by atomic mass is 9.87. The second-order valence-electron chi connectivity index (χ2n) is 7.43. The Balaban J connectivity index is 2.10. The Morgan fingerprint density at radius 2 is 1.93 bits per heavy atom. The molecule has 0 bridgehead atoms. The molecule has 0 fully saturated rings. The zero-order valence-electron chi connectivity index (χ0n) is 15.9. The van der Waals surface area contributed by atoms with Crippen LogP contribution >= 0.6 is 0 Å². The lowest BCUT2D eigenvalue weighted by molar-refractivity contribution is -0.385. The molecule has 150 valence electrons. The normalized spacial score (nSPS) is 12.4. The summed E-state index contributed by atoms with van der Waals surface area (Å²) < 4.78 is 6.40. The van der Waals surface area contributed by atoms with E-state index in [9.17, 15) is 24.8 Å². The van der Waals surface area contributed by atoms with Gasteiger partial charge in [-0.1, -0.05) is 32.9 Å². The number of amides is 1. The van der Waals surface area contributed by atoms with Crippen LogP contribution in [-0.2, 0) is 12.0 Å². The minimum absolute atomic E-state index is 0.000624. The minimum Gasteiger partial charge on any atom is -0.491 e. The summed E-state index contributed by atoms with van der Waals surface area (Å²) in [5.74, 6) is -0.539. The summed E-state index contributed by atoms with van der Waals surface area (Å²) in [6.45, 7) is 5.83. The van der Waals surface area contributed by atoms with E-state index in [1.807, 2.05) is 12.1 Å². The fourth-order valence-electron chi connectivity index (χ4n) is 2.56. The molecule has 0 aliphatic heterocycles. The van der Waals surface area contributed by atoms with Crippen LogP contribution in [0.2, 0.25) is 0 Å². The molecule has 0 radical (unpaired) electrons. The number of carbonyl (C=O) groups is 1. The molecule has 9 heteroatoms. The molecule has 0 saturated carbocycles. The summed E-state index contributed by atoms with van der Waals surface area (Å²) in [4.78, 5) is 33.8. The number of aliphatic hydroxyl groups is 1. The fraction of sp³-hybridized carbons (Fsp3) is 0.368. The van der Waals surface area contributed by atoms with Gasteiger partial charge < -0.3 is 20.1 Å². The number of nitrogens with two attached hydrogens (primary N) is 1. The number of aromatic nitrogens is 1. The number of aliphatic hydroxyl groups excluding tert-OH is 1. The van der Waals surface area contributed by atoms with Crippen molar-refractivity contribution in [3.8, 4) is 5.75 Å². The van der Waals surface area contributed by atoms with Crippen LogP contribution in [-0.4, -0.2) is 33.2 Å². The van der Waals surface area contributed by atoms with Crippen LogP contribution in [0.4, 0.5) is 5.69 Å². The van der Waals surface area contributed by atoms with Crippen LogP contribution in [0.1, 0.15) is 36.7 Å². The van der Waals surface area contributed by atoms with Crippen LogP contribution in [0.3, 0.4) is 0 Å². The third kappa shape index (κ3) is 5.17. The Morgan fingerprint density at radius 3 is 2.43 bits per heavy atom. The second-order valence-corrected chi connectivity index (χ2v) is 7.43. The molecule has 3 N–H and O–H groups in total. The molecule has 1 aromatic carbocycles. The average Bonchev–Trinajstić information content (AvgIpc) is 2.60. The van der Waals surface area contributed by atoms with E-state index in [0.29, 0.717) is 5.75 Å². The summed E-state index contributed by atoms with van der Waals surface area (Å²) in [5, 5.41) is 21.1. The number of carbonyl (C=O) groups excluding carboxylic acids is 1. The lowest BCUT2D eigenvalue weighted by Gasteiger charge is -2.19. The van der Waals surface area contributed by atoms with Gasteiger partial charge in [-0.15, -0.1) is 0 Å². The third-order valence-corrected chi connectivity index (χ3v) is 4.12. The summed E-state index contributed by atoms with van der Waals surface area (Å²) in [7, 11) is 0. The molecule has 28 heavy (non-hydrogen) atoms. The van der Waals surface area contributed by atoms with E-state index in [1.165, 1.54) is 0 Å². The molecule has 1 atom stereocenters. The Morgan fingerprint density at radius 1 is 1.32 bits per heavy atom. The molecule has 0 aliphatic carbocycles. The molecule has 2 rings (SSSR count). The minimum atomic E-state index is -1.14. The van der Waals surface area contributed by atoms with Gasteiger partial charge in [0.25, 0.3) is 17.2 Å². The topological polar surface area (TPSA) is 138 Å². The van der Waals surface area contributed by atoms with E-state index >= 15 is 0 Å². The van der Waals surface area contributed by atoms with Crippen LogP contribution in [0, 0.1) is 10.1 Å². The van der Waals surface area contributed by atoms with E-state index < -0.39 is 33.7 Å². The van der Waals surface area contributed by atoms with E-state index in [4.69, 9.17) is 10.5 Å². The maximum Gasteiger partial charge on any atom is 0.286 e. The van der Waals surface area contributed by atoms with Crippen molar-refractivity contribution < 1.29 is 19.6 Å². The van der Waals surface area contributed by atoms with Gasteiger partial charge in [0.1, 0.15) is 24.0 Å². The number of pyridine rings is 1. The average molecular weight is 389 g/mol. The van der Waals surface area contributed by atoms with Gasteiger partial charge >= 0.3 is 0 Å². The molecule has 9 nitrogen and oxygen atoms in total. The first-order valence-electron chi connectivity index (χ1n) is 8.59. The predicted octanol–water partition coefficient (Wildman–Crippen LogP) is 1.59.